The number of nitrogens with one attached hydrogen (secondary N) is 1. The van der Waals surface area contributed by atoms with Crippen LogP contribution < -0.4 is 16.0 Å². The van der Waals surface area contributed by atoms with Gasteiger partial charge in [0.15, 0.2) is 0 Å². The minimum Gasteiger partial charge on any atom is -0.457 e. The van der Waals surface area contributed by atoms with Crippen molar-refractivity contribution >= 4 is 49.4 Å². The van der Waals surface area contributed by atoms with E-state index >= 15 is 0 Å². The molecule has 13 rings (SSSR count). The van der Waals surface area contributed by atoms with Gasteiger partial charge in [-0.2, -0.15) is 0 Å². The third-order valence-corrected chi connectivity index (χ3v) is 13.4. The molecule has 6 nitrogen and oxygen atoms in total. The van der Waals surface area contributed by atoms with Crippen LogP contribution in [0.1, 0.15) is 45.0 Å². The van der Waals surface area contributed by atoms with Crippen molar-refractivity contribution in [2.75, 3.05) is 0 Å². The number of rotatable bonds is 5. The van der Waals surface area contributed by atoms with Gasteiger partial charge in [0.05, 0.1) is 33.2 Å². The van der Waals surface area contributed by atoms with Crippen LogP contribution in [-0.4, -0.2) is 15.0 Å². The van der Waals surface area contributed by atoms with Crippen molar-refractivity contribution in [3.05, 3.63) is 251 Å². The third kappa shape index (κ3) is 5.01. The number of fused-ring (bicyclic) bond motifs is 14. The summed E-state index contributed by atoms with van der Waals surface area (Å²) in [6, 6.07) is 75.5. The SMILES string of the molecule is NNC(=NC(c1ccccc1)c1ccccc1)c1ccc(-n2c3ccccc3c3cc4c(cc32)C2(c3ccccc3O4)c3ccccc3-n3c4ccccc4c4cccc2c43)cc1. The molecule has 2 aliphatic heterocycles. The predicted molar refractivity (Wildman–Crippen MR) is 256 cm³/mol. The topological polar surface area (TPSA) is 69.5 Å². The number of para-hydroxylation sites is 5. The van der Waals surface area contributed by atoms with Crippen LogP contribution in [0.25, 0.3) is 55.0 Å². The molecule has 0 saturated heterocycles. The molecule has 11 aromatic rings. The molecule has 1 unspecified atom stereocenters. The highest BCUT2D eigenvalue weighted by Gasteiger charge is 2.50. The third-order valence-electron chi connectivity index (χ3n) is 13.4. The largest absolute Gasteiger partial charge is 0.457 e. The fraction of sp³-hybridized carbons (Fsp3) is 0.0351. The van der Waals surface area contributed by atoms with Crippen LogP contribution >= 0.6 is 0 Å². The van der Waals surface area contributed by atoms with E-state index < -0.39 is 5.41 Å². The van der Waals surface area contributed by atoms with Crippen molar-refractivity contribution in [2.45, 2.75) is 11.5 Å². The maximum atomic E-state index is 7.04. The monoisotopic (exact) mass is 809 g/mol. The number of nitrogens with two attached hydrogens (primary N) is 1. The van der Waals surface area contributed by atoms with Crippen molar-refractivity contribution < 1.29 is 4.74 Å². The maximum absolute atomic E-state index is 7.04. The Morgan fingerprint density at radius 1 is 0.476 bits per heavy atom. The molecule has 3 N–H and O–H groups in total. The van der Waals surface area contributed by atoms with E-state index in [4.69, 9.17) is 15.6 Å². The van der Waals surface area contributed by atoms with Gasteiger partial charge in [-0.1, -0.05) is 152 Å². The summed E-state index contributed by atoms with van der Waals surface area (Å²) in [4.78, 5) is 5.23. The molecular formula is C57H39N5O. The Labute approximate surface area is 363 Å². The van der Waals surface area contributed by atoms with Crippen LogP contribution in [-0.2, 0) is 5.41 Å². The second-order valence-electron chi connectivity index (χ2n) is 16.5. The number of ether oxygens (including phenoxy) is 1. The Bertz CT molecular complexity index is 3600. The van der Waals surface area contributed by atoms with Gasteiger partial charge in [-0.05, 0) is 82.9 Å². The van der Waals surface area contributed by atoms with Crippen LogP contribution in [0.3, 0.4) is 0 Å². The first-order valence-electron chi connectivity index (χ1n) is 21.4. The lowest BCUT2D eigenvalue weighted by atomic mass is 9.61. The van der Waals surface area contributed by atoms with Gasteiger partial charge in [-0.25, -0.2) is 5.84 Å². The standard InChI is InChI=1S/C57H39N5O/c58-60-56(59-54(36-16-3-1-4-17-36)37-18-5-2-6-19-37)38-30-32-39(33-31-38)61-48-26-11-8-21-41(48)43-34-53-47(35-51(43)61)57(45-24-10-14-29-52(45)63-53)44-23-9-13-28-50(44)62-49-27-12-7-20-40(49)42-22-15-25-46(57)55(42)62/h1-35,54H,58H2,(H,59,60). The molecule has 0 amide bonds. The van der Waals surface area contributed by atoms with Crippen molar-refractivity contribution in [3.8, 4) is 22.9 Å². The van der Waals surface area contributed by atoms with E-state index in [0.717, 1.165) is 66.8 Å². The van der Waals surface area contributed by atoms with E-state index in [1.165, 1.54) is 38.6 Å². The highest BCUT2D eigenvalue weighted by molar-refractivity contribution is 6.13. The summed E-state index contributed by atoms with van der Waals surface area (Å²) in [5.41, 5.74) is 16.9. The van der Waals surface area contributed by atoms with Crippen molar-refractivity contribution in [1.29, 1.82) is 0 Å². The predicted octanol–water partition coefficient (Wildman–Crippen LogP) is 12.7. The second kappa shape index (κ2) is 13.7. The van der Waals surface area contributed by atoms with E-state index in [-0.39, 0.29) is 6.04 Å². The van der Waals surface area contributed by atoms with E-state index in [1.54, 1.807) is 0 Å². The fourth-order valence-electron chi connectivity index (χ4n) is 10.8. The van der Waals surface area contributed by atoms with Crippen LogP contribution in [0.2, 0.25) is 0 Å². The number of hydrogen-bond acceptors (Lipinski definition) is 3. The summed E-state index contributed by atoms with van der Waals surface area (Å²) in [6.45, 7) is 0. The van der Waals surface area contributed by atoms with Gasteiger partial charge in [-0.15, -0.1) is 0 Å². The first-order valence-corrected chi connectivity index (χ1v) is 21.4. The molecular weight excluding hydrogens is 771 g/mol. The summed E-state index contributed by atoms with van der Waals surface area (Å²) in [5, 5.41) is 4.77. The zero-order chi connectivity index (χ0) is 41.6. The Morgan fingerprint density at radius 3 is 1.79 bits per heavy atom. The molecule has 4 heterocycles. The van der Waals surface area contributed by atoms with Gasteiger partial charge in [0.25, 0.3) is 0 Å². The fourth-order valence-corrected chi connectivity index (χ4v) is 10.8. The minimum absolute atomic E-state index is 0.238. The van der Waals surface area contributed by atoms with Gasteiger partial charge in [-0.3, -0.25) is 4.99 Å². The van der Waals surface area contributed by atoms with Crippen molar-refractivity contribution in [1.82, 2.24) is 14.6 Å². The van der Waals surface area contributed by atoms with Gasteiger partial charge < -0.3 is 19.3 Å². The summed E-state index contributed by atoms with van der Waals surface area (Å²) in [7, 11) is 0. The van der Waals surface area contributed by atoms with Crippen LogP contribution in [0.5, 0.6) is 11.5 Å². The molecule has 9 aromatic carbocycles. The molecule has 63 heavy (non-hydrogen) atoms. The van der Waals surface area contributed by atoms with Gasteiger partial charge >= 0.3 is 0 Å². The summed E-state index contributed by atoms with van der Waals surface area (Å²) in [6.07, 6.45) is 0. The number of benzene rings is 9. The second-order valence-corrected chi connectivity index (χ2v) is 16.5. The molecule has 2 aromatic heterocycles. The molecule has 1 spiro atoms. The normalized spacial score (nSPS) is 15.2. The average molecular weight is 810 g/mol. The number of hydrazine groups is 1. The molecule has 0 fully saturated rings. The lowest BCUT2D eigenvalue weighted by Gasteiger charge is -2.45. The van der Waals surface area contributed by atoms with E-state index in [1.807, 2.05) is 36.4 Å². The number of aromatic nitrogens is 2. The quantitative estimate of drug-likeness (QED) is 0.0787. The number of hydrogen-bond donors (Lipinski definition) is 2. The lowest BCUT2D eigenvalue weighted by molar-refractivity contribution is 0.435. The highest BCUT2D eigenvalue weighted by Crippen LogP contribution is 2.61. The molecule has 2 aliphatic rings. The molecule has 1 atom stereocenters. The lowest BCUT2D eigenvalue weighted by Crippen LogP contribution is -2.37. The summed E-state index contributed by atoms with van der Waals surface area (Å²) < 4.78 is 11.9. The molecule has 0 saturated carbocycles. The van der Waals surface area contributed by atoms with Crippen molar-refractivity contribution in [2.24, 2.45) is 10.8 Å². The highest BCUT2D eigenvalue weighted by atomic mass is 16.5. The first-order chi connectivity index (χ1) is 31.2. The van der Waals surface area contributed by atoms with E-state index in [2.05, 4.69) is 190 Å². The molecule has 6 heteroatoms. The number of nitrogens with zero attached hydrogens (tertiary/aromatic N) is 3. The molecule has 0 radical (unpaired) electrons. The smallest absolute Gasteiger partial charge is 0.143 e. The Morgan fingerprint density at radius 2 is 1.06 bits per heavy atom. The van der Waals surface area contributed by atoms with Gasteiger partial charge in [0.2, 0.25) is 0 Å². The summed E-state index contributed by atoms with van der Waals surface area (Å²) >= 11 is 0. The van der Waals surface area contributed by atoms with E-state index in [9.17, 15) is 0 Å². The number of aliphatic imine (C=N–C) groups is 1. The molecule has 0 bridgehead atoms. The maximum Gasteiger partial charge on any atom is 0.143 e. The van der Waals surface area contributed by atoms with Crippen LogP contribution in [0.15, 0.2) is 217 Å². The minimum atomic E-state index is -0.684. The van der Waals surface area contributed by atoms with Gasteiger partial charge in [0.1, 0.15) is 23.4 Å². The van der Waals surface area contributed by atoms with E-state index in [0.29, 0.717) is 5.84 Å². The first kappa shape index (κ1) is 35.6. The Hall–Kier alpha value is -8.19. The zero-order valence-corrected chi connectivity index (χ0v) is 34.1. The molecule has 298 valence electrons. The van der Waals surface area contributed by atoms with Gasteiger partial charge in [0, 0.05) is 43.9 Å². The average Bonchev–Trinajstić information content (AvgIpc) is 3.86. The van der Waals surface area contributed by atoms with Crippen molar-refractivity contribution in [3.63, 3.8) is 0 Å². The van der Waals surface area contributed by atoms with Crippen LogP contribution in [0.4, 0.5) is 0 Å². The Kier molecular flexibility index (Phi) is 7.71. The zero-order valence-electron chi connectivity index (χ0n) is 34.1. The Balaban J connectivity index is 1.05. The summed E-state index contributed by atoms with van der Waals surface area (Å²) in [5.74, 6) is 8.61. The number of amidine groups is 1. The van der Waals surface area contributed by atoms with Crippen LogP contribution in [0, 0.1) is 0 Å². The molecule has 0 aliphatic carbocycles.